The quantitative estimate of drug-likeness (QED) is 0.107. The Morgan fingerprint density at radius 1 is 0.899 bits per heavy atom. The SMILES string of the molecule is CCCNC[C@]1(O)[C@H](C)O[C@@H](O[C@H]2[C@H](C)[C@@H](O[C@@H]3O[C@H](C)C[C@H]4[C@H]3OC(=Nc3ccccc3)N4Cc3ccccc3)[C@](C)(O)C[C@@H](C)CN[C@H](C)[C@@H](O)[C@](C)(O)[C@@H](CC)OC(=O)[C@@H]2C)C[C@@]1(C)OC. The Hall–Kier alpha value is -3.26. The van der Waals surface area contributed by atoms with Crippen LogP contribution in [0, 0.1) is 17.8 Å². The van der Waals surface area contributed by atoms with Crippen LogP contribution in [0.15, 0.2) is 65.7 Å². The van der Waals surface area contributed by atoms with Crippen LogP contribution in [-0.4, -0.2) is 154 Å². The van der Waals surface area contributed by atoms with Crippen molar-refractivity contribution < 1.29 is 58.4 Å². The summed E-state index contributed by atoms with van der Waals surface area (Å²) in [5, 5.41) is 55.4. The Morgan fingerprint density at radius 3 is 2.20 bits per heavy atom. The Kier molecular flexibility index (Phi) is 18.4. The van der Waals surface area contributed by atoms with Gasteiger partial charge in [-0.05, 0) is 111 Å². The van der Waals surface area contributed by atoms with Crippen LogP contribution in [0.4, 0.5) is 5.69 Å². The van der Waals surface area contributed by atoms with Crippen LogP contribution in [0.5, 0.6) is 0 Å². The van der Waals surface area contributed by atoms with Gasteiger partial charge in [0.2, 0.25) is 0 Å². The molecule has 0 aliphatic carbocycles. The number of benzene rings is 2. The number of fused-ring (bicyclic) bond motifs is 1. The van der Waals surface area contributed by atoms with E-state index in [1.807, 2.05) is 76.2 Å². The van der Waals surface area contributed by atoms with Crippen LogP contribution in [0.1, 0.15) is 114 Å². The minimum absolute atomic E-state index is 0.0890. The molecule has 388 valence electrons. The lowest BCUT2D eigenvalue weighted by molar-refractivity contribution is -0.335. The molecule has 0 unspecified atom stereocenters. The summed E-state index contributed by atoms with van der Waals surface area (Å²) in [5.74, 6) is -2.70. The third kappa shape index (κ3) is 12.3. The highest BCUT2D eigenvalue weighted by Gasteiger charge is 2.59. The topological polar surface area (TPSA) is 202 Å². The van der Waals surface area contributed by atoms with Gasteiger partial charge in [0, 0.05) is 38.6 Å². The smallest absolute Gasteiger partial charge is 0.311 e. The second-order valence-electron chi connectivity index (χ2n) is 21.2. The molecule has 0 aromatic heterocycles. The minimum Gasteiger partial charge on any atom is -0.459 e. The van der Waals surface area contributed by atoms with Gasteiger partial charge in [-0.1, -0.05) is 76.2 Å². The van der Waals surface area contributed by atoms with Gasteiger partial charge < -0.3 is 69.1 Å². The fraction of sp³-hybridized carbons (Fsp3) is 0.736. The van der Waals surface area contributed by atoms with Gasteiger partial charge in [-0.15, -0.1) is 0 Å². The summed E-state index contributed by atoms with van der Waals surface area (Å²) in [6.45, 7) is 21.8. The first-order valence-electron chi connectivity index (χ1n) is 25.4. The van der Waals surface area contributed by atoms with Gasteiger partial charge in [0.15, 0.2) is 18.7 Å². The molecular formula is C53H84N4O12. The zero-order valence-corrected chi connectivity index (χ0v) is 43.2. The van der Waals surface area contributed by atoms with Crippen LogP contribution in [0.25, 0.3) is 0 Å². The Labute approximate surface area is 410 Å². The average Bonchev–Trinajstić information content (AvgIpc) is 3.64. The number of ether oxygens (including phenoxy) is 7. The van der Waals surface area contributed by atoms with Gasteiger partial charge in [0.1, 0.15) is 29.0 Å². The molecule has 69 heavy (non-hydrogen) atoms. The molecule has 4 fully saturated rings. The molecule has 2 aromatic carbocycles. The number of esters is 1. The van der Waals surface area contributed by atoms with E-state index >= 15 is 0 Å². The molecule has 16 heteroatoms. The van der Waals surface area contributed by atoms with Crippen LogP contribution in [0.3, 0.4) is 0 Å². The summed E-state index contributed by atoms with van der Waals surface area (Å²) in [6, 6.07) is 19.4. The minimum atomic E-state index is -1.83. The van der Waals surface area contributed by atoms with Gasteiger partial charge in [0.05, 0.1) is 47.7 Å². The van der Waals surface area contributed by atoms with E-state index in [2.05, 4.69) is 34.6 Å². The molecule has 0 bridgehead atoms. The van der Waals surface area contributed by atoms with E-state index in [4.69, 9.17) is 38.2 Å². The number of aliphatic hydroxyl groups is 4. The number of amidine groups is 1. The third-order valence-electron chi connectivity index (χ3n) is 15.4. The molecule has 6 N–H and O–H groups in total. The van der Waals surface area contributed by atoms with Crippen molar-refractivity contribution in [3.8, 4) is 0 Å². The molecular weight excluding hydrogens is 885 g/mol. The number of para-hydroxylation sites is 1. The lowest BCUT2D eigenvalue weighted by Gasteiger charge is -2.53. The maximum absolute atomic E-state index is 14.7. The van der Waals surface area contributed by atoms with Crippen LogP contribution >= 0.6 is 0 Å². The standard InChI is InChI=1S/C53H84N4O12/c1-13-25-54-31-53(62)37(8)65-42(28-51(53,10)63-12)67-43-34(5)46(50(9,60)27-32(3)29-55-36(7)45(58)52(11,61)41(14-2)66-47(59)35(43)6)69-48-44-40(26-33(4)64-48)57(30-38-21-17-15-18-22-38)49(68-44)56-39-23-19-16-20-24-39/h15-24,32-37,40-46,48,54-55,58,60-62H,13-14,25-31H2,1-12H3/t32-,33-,34+,35-,36-,37+,40+,41-,42+,43+,44-,45-,46-,48+,50-,51-,52-,53+/m1/s1. The molecule has 4 aliphatic rings. The van der Waals surface area contributed by atoms with E-state index in [0.717, 1.165) is 17.7 Å². The molecule has 0 amide bonds. The van der Waals surface area contributed by atoms with Crippen molar-refractivity contribution in [3.05, 3.63) is 66.2 Å². The number of nitrogens with one attached hydrogen (secondary N) is 2. The van der Waals surface area contributed by atoms with E-state index in [-0.39, 0.29) is 43.9 Å². The van der Waals surface area contributed by atoms with Crippen molar-refractivity contribution in [2.45, 2.75) is 205 Å². The maximum atomic E-state index is 14.7. The fourth-order valence-corrected chi connectivity index (χ4v) is 11.1. The molecule has 0 saturated carbocycles. The number of hydrogen-bond donors (Lipinski definition) is 6. The molecule has 0 radical (unpaired) electrons. The predicted octanol–water partition coefficient (Wildman–Crippen LogP) is 5.59. The Morgan fingerprint density at radius 2 is 1.57 bits per heavy atom. The number of aliphatic imine (C=N–C) groups is 1. The normalized spacial score (nSPS) is 42.2. The monoisotopic (exact) mass is 969 g/mol. The van der Waals surface area contributed by atoms with E-state index in [0.29, 0.717) is 32.1 Å². The number of cyclic esters (lactones) is 1. The fourth-order valence-electron chi connectivity index (χ4n) is 11.1. The van der Waals surface area contributed by atoms with Gasteiger partial charge >= 0.3 is 5.97 Å². The molecule has 4 aliphatic heterocycles. The zero-order valence-electron chi connectivity index (χ0n) is 43.2. The highest BCUT2D eigenvalue weighted by Crippen LogP contribution is 2.44. The first-order chi connectivity index (χ1) is 32.6. The predicted molar refractivity (Wildman–Crippen MR) is 262 cm³/mol. The number of hydrogen-bond acceptors (Lipinski definition) is 15. The molecule has 16 nitrogen and oxygen atoms in total. The Bertz CT molecular complexity index is 1960. The molecule has 0 spiro atoms. The van der Waals surface area contributed by atoms with Crippen molar-refractivity contribution >= 4 is 17.7 Å². The lowest BCUT2D eigenvalue weighted by atomic mass is 9.75. The van der Waals surface area contributed by atoms with Crippen LogP contribution in [0.2, 0.25) is 0 Å². The van der Waals surface area contributed by atoms with Crippen molar-refractivity contribution in [1.82, 2.24) is 15.5 Å². The summed E-state index contributed by atoms with van der Waals surface area (Å²) in [4.78, 5) is 21.8. The maximum Gasteiger partial charge on any atom is 0.311 e. The van der Waals surface area contributed by atoms with Crippen molar-refractivity contribution in [2.75, 3.05) is 26.7 Å². The van der Waals surface area contributed by atoms with Crippen LogP contribution < -0.4 is 10.6 Å². The van der Waals surface area contributed by atoms with E-state index in [1.54, 1.807) is 41.7 Å². The Balaban J connectivity index is 1.42. The third-order valence-corrected chi connectivity index (χ3v) is 15.4. The van der Waals surface area contributed by atoms with E-state index in [1.165, 1.54) is 6.92 Å². The highest BCUT2D eigenvalue weighted by atomic mass is 16.7. The van der Waals surface area contributed by atoms with Crippen molar-refractivity contribution in [1.29, 1.82) is 0 Å². The van der Waals surface area contributed by atoms with Crippen molar-refractivity contribution in [3.63, 3.8) is 0 Å². The summed E-state index contributed by atoms with van der Waals surface area (Å²) < 4.78 is 46.6. The number of aliphatic hydroxyl groups excluding tert-OH is 1. The first-order valence-corrected chi connectivity index (χ1v) is 25.4. The second-order valence-corrected chi connectivity index (χ2v) is 21.2. The number of nitrogens with zero attached hydrogens (tertiary/aromatic N) is 2. The van der Waals surface area contributed by atoms with Gasteiger partial charge in [0.25, 0.3) is 6.02 Å². The zero-order chi connectivity index (χ0) is 50.5. The molecule has 4 saturated heterocycles. The number of methoxy groups -OCH3 is 1. The van der Waals surface area contributed by atoms with Gasteiger partial charge in [-0.3, -0.25) is 4.79 Å². The molecule has 6 rings (SSSR count). The van der Waals surface area contributed by atoms with Crippen LogP contribution in [-0.2, 0) is 44.5 Å². The molecule has 18 atom stereocenters. The summed E-state index contributed by atoms with van der Waals surface area (Å²) >= 11 is 0. The largest absolute Gasteiger partial charge is 0.459 e. The number of carbonyl (C=O) groups excluding carboxylic acids is 1. The summed E-state index contributed by atoms with van der Waals surface area (Å²) in [7, 11) is 1.55. The van der Waals surface area contributed by atoms with Gasteiger partial charge in [-0.25, -0.2) is 0 Å². The highest BCUT2D eigenvalue weighted by molar-refractivity contribution is 5.80. The number of carbonyl (C=O) groups is 1. The van der Waals surface area contributed by atoms with Gasteiger partial charge in [-0.2, -0.15) is 4.99 Å². The lowest BCUT2D eigenvalue weighted by Crippen LogP contribution is -2.70. The first kappa shape index (κ1) is 55.1. The van der Waals surface area contributed by atoms with E-state index < -0.39 is 95.5 Å². The van der Waals surface area contributed by atoms with E-state index in [9.17, 15) is 25.2 Å². The number of rotatable bonds is 13. The summed E-state index contributed by atoms with van der Waals surface area (Å²) in [6.07, 6.45) is -6.30. The van der Waals surface area contributed by atoms with Crippen molar-refractivity contribution in [2.24, 2.45) is 22.7 Å². The molecule has 2 aromatic rings. The summed E-state index contributed by atoms with van der Waals surface area (Å²) in [5.41, 5.74) is -4.23. The second kappa shape index (κ2) is 23.1. The molecule has 4 heterocycles. The average molecular weight is 969 g/mol.